The van der Waals surface area contributed by atoms with E-state index in [9.17, 15) is 4.79 Å². The number of amides is 1. The number of H-pyrrole nitrogens is 1. The van der Waals surface area contributed by atoms with Crippen LogP contribution in [0, 0.1) is 5.41 Å². The molecule has 0 bridgehead atoms. The molecular formula is C28H29Cl2N7O3. The molecule has 1 aromatic carbocycles. The van der Waals surface area contributed by atoms with Crippen LogP contribution in [0.25, 0.3) is 22.2 Å². The normalized spacial score (nSPS) is 17.1. The molecule has 1 spiro atoms. The first kappa shape index (κ1) is 26.6. The molecule has 1 atom stereocenters. The van der Waals surface area contributed by atoms with Crippen molar-refractivity contribution < 1.29 is 14.3 Å². The van der Waals surface area contributed by atoms with Gasteiger partial charge in [0.05, 0.1) is 22.2 Å². The minimum atomic E-state index is -0.379. The van der Waals surface area contributed by atoms with Crippen LogP contribution < -0.4 is 9.64 Å². The number of carbonyl (C=O) groups is 1. The highest BCUT2D eigenvalue weighted by Crippen LogP contribution is 2.42. The fraction of sp³-hybridized carbons (Fsp3) is 0.393. The molecule has 4 aromatic rings. The van der Waals surface area contributed by atoms with Gasteiger partial charge >= 0.3 is 6.09 Å². The van der Waals surface area contributed by atoms with E-state index in [2.05, 4.69) is 30.0 Å². The molecule has 10 nitrogen and oxygen atoms in total. The van der Waals surface area contributed by atoms with Gasteiger partial charge in [0.25, 0.3) is 0 Å². The standard InChI is InChI=1S/C28H29Cl2N7O3/c1-3-39-27(38)36-8-6-28(7-9-36)15-37(16-28)26-32-11-18(12-33-26)25-20-10-19(4-5-23(20)34-35-25)40-17(2)24-21(29)13-31-14-22(24)30/h4-5,10-14,17H,3,6-9,15-16H2,1-2H3,(H,34,35)/t17-/m1/s1. The number of piperidine rings is 1. The first-order valence-electron chi connectivity index (χ1n) is 13.3. The summed E-state index contributed by atoms with van der Waals surface area (Å²) in [7, 11) is 0. The van der Waals surface area contributed by atoms with Gasteiger partial charge in [-0.15, -0.1) is 0 Å². The van der Waals surface area contributed by atoms with Crippen LogP contribution in [0.1, 0.15) is 38.4 Å². The van der Waals surface area contributed by atoms with Crippen LogP contribution in [0.2, 0.25) is 10.0 Å². The molecule has 0 radical (unpaired) electrons. The van der Waals surface area contributed by atoms with Crippen molar-refractivity contribution in [1.82, 2.24) is 30.0 Å². The van der Waals surface area contributed by atoms with E-state index in [1.54, 1.807) is 29.7 Å². The van der Waals surface area contributed by atoms with E-state index in [4.69, 9.17) is 32.7 Å². The predicted molar refractivity (Wildman–Crippen MR) is 153 cm³/mol. The zero-order chi connectivity index (χ0) is 27.9. The van der Waals surface area contributed by atoms with E-state index in [-0.39, 0.29) is 17.6 Å². The lowest BCUT2D eigenvalue weighted by molar-refractivity contribution is 0.0547. The number of halogens is 2. The van der Waals surface area contributed by atoms with Gasteiger partial charge in [-0.05, 0) is 44.9 Å². The third-order valence-electron chi connectivity index (χ3n) is 7.74. The molecule has 1 amide bonds. The summed E-state index contributed by atoms with van der Waals surface area (Å²) in [6.07, 6.45) is 8.05. The molecule has 5 heterocycles. The second kappa shape index (κ2) is 10.7. The zero-order valence-corrected chi connectivity index (χ0v) is 23.7. The Hall–Kier alpha value is -3.63. The molecule has 40 heavy (non-hydrogen) atoms. The SMILES string of the molecule is CCOC(=O)N1CCC2(CC1)CN(c1ncc(-c3n[nH]c4ccc(O[C@H](C)c5c(Cl)cncc5Cl)cc34)cn1)C2. The number of carbonyl (C=O) groups excluding carboxylic acids is 1. The van der Waals surface area contributed by atoms with E-state index >= 15 is 0 Å². The molecule has 3 aromatic heterocycles. The lowest BCUT2D eigenvalue weighted by Gasteiger charge is -2.53. The minimum Gasteiger partial charge on any atom is -0.486 e. The lowest BCUT2D eigenvalue weighted by Crippen LogP contribution is -2.61. The van der Waals surface area contributed by atoms with E-state index < -0.39 is 0 Å². The van der Waals surface area contributed by atoms with Crippen LogP contribution >= 0.6 is 23.2 Å². The van der Waals surface area contributed by atoms with Gasteiger partial charge < -0.3 is 19.3 Å². The maximum atomic E-state index is 12.0. The average Bonchev–Trinajstić information content (AvgIpc) is 3.35. The predicted octanol–water partition coefficient (Wildman–Crippen LogP) is 5.92. The summed E-state index contributed by atoms with van der Waals surface area (Å²) in [6, 6.07) is 5.73. The molecule has 2 fully saturated rings. The Bertz CT molecular complexity index is 1510. The van der Waals surface area contributed by atoms with E-state index in [1.165, 1.54) is 0 Å². The molecule has 2 saturated heterocycles. The highest BCUT2D eigenvalue weighted by atomic mass is 35.5. The largest absolute Gasteiger partial charge is 0.486 e. The number of ether oxygens (including phenoxy) is 2. The quantitative estimate of drug-likeness (QED) is 0.299. The van der Waals surface area contributed by atoms with E-state index in [1.807, 2.05) is 32.0 Å². The summed E-state index contributed by atoms with van der Waals surface area (Å²) in [5.74, 6) is 1.36. The molecule has 2 aliphatic rings. The Balaban J connectivity index is 1.13. The number of likely N-dealkylation sites (tertiary alicyclic amines) is 1. The number of rotatable bonds is 6. The molecule has 1 N–H and O–H groups in total. The minimum absolute atomic E-state index is 0.210. The van der Waals surface area contributed by atoms with Crippen LogP contribution in [0.5, 0.6) is 5.75 Å². The van der Waals surface area contributed by atoms with Gasteiger partial charge in [0, 0.05) is 72.9 Å². The number of nitrogens with one attached hydrogen (secondary N) is 1. The van der Waals surface area contributed by atoms with Crippen LogP contribution in [-0.4, -0.2) is 68.9 Å². The lowest BCUT2D eigenvalue weighted by atomic mass is 9.72. The molecule has 0 aliphatic carbocycles. The monoisotopic (exact) mass is 581 g/mol. The smallest absolute Gasteiger partial charge is 0.409 e. The molecule has 0 unspecified atom stereocenters. The summed E-state index contributed by atoms with van der Waals surface area (Å²) in [4.78, 5) is 29.3. The van der Waals surface area contributed by atoms with Crippen molar-refractivity contribution in [3.8, 4) is 17.0 Å². The van der Waals surface area contributed by atoms with Crippen LogP contribution in [0.15, 0.2) is 43.0 Å². The second-order valence-corrected chi connectivity index (χ2v) is 11.2. The van der Waals surface area contributed by atoms with Crippen molar-refractivity contribution in [2.24, 2.45) is 5.41 Å². The number of hydrogen-bond acceptors (Lipinski definition) is 8. The molecule has 2 aliphatic heterocycles. The second-order valence-electron chi connectivity index (χ2n) is 10.4. The van der Waals surface area contributed by atoms with Crippen molar-refractivity contribution in [2.75, 3.05) is 37.7 Å². The summed E-state index contributed by atoms with van der Waals surface area (Å²) >= 11 is 12.6. The molecule has 208 valence electrons. The van der Waals surface area contributed by atoms with Crippen LogP contribution in [0.3, 0.4) is 0 Å². The van der Waals surface area contributed by atoms with Crippen LogP contribution in [0.4, 0.5) is 10.7 Å². The molecule has 12 heteroatoms. The van der Waals surface area contributed by atoms with Gasteiger partial charge in [0.2, 0.25) is 5.95 Å². The fourth-order valence-corrected chi connectivity index (χ4v) is 6.24. The van der Waals surface area contributed by atoms with Gasteiger partial charge in [-0.2, -0.15) is 5.10 Å². The van der Waals surface area contributed by atoms with Gasteiger partial charge in [-0.25, -0.2) is 14.8 Å². The molecule has 0 saturated carbocycles. The Morgan fingerprint density at radius 1 is 1.10 bits per heavy atom. The van der Waals surface area contributed by atoms with Crippen molar-refractivity contribution in [1.29, 1.82) is 0 Å². The van der Waals surface area contributed by atoms with Crippen molar-refractivity contribution in [2.45, 2.75) is 32.8 Å². The first-order valence-corrected chi connectivity index (χ1v) is 14.0. The third-order valence-corrected chi connectivity index (χ3v) is 8.34. The summed E-state index contributed by atoms with van der Waals surface area (Å²) in [6.45, 7) is 7.36. The number of hydrogen-bond donors (Lipinski definition) is 1. The Labute approximate surface area is 241 Å². The first-order chi connectivity index (χ1) is 19.4. The number of pyridine rings is 1. The number of anilines is 1. The van der Waals surface area contributed by atoms with Crippen LogP contribution in [-0.2, 0) is 4.74 Å². The van der Waals surface area contributed by atoms with Crippen molar-refractivity contribution >= 4 is 46.1 Å². The maximum absolute atomic E-state index is 12.0. The number of aromatic amines is 1. The van der Waals surface area contributed by atoms with Crippen molar-refractivity contribution in [3.63, 3.8) is 0 Å². The van der Waals surface area contributed by atoms with Gasteiger partial charge in [-0.3, -0.25) is 10.1 Å². The summed E-state index contributed by atoms with van der Waals surface area (Å²) in [5.41, 5.74) is 3.32. The van der Waals surface area contributed by atoms with E-state index in [0.717, 1.165) is 61.2 Å². The number of aromatic nitrogens is 5. The highest BCUT2D eigenvalue weighted by Gasteiger charge is 2.46. The number of benzene rings is 1. The van der Waals surface area contributed by atoms with Gasteiger partial charge in [0.1, 0.15) is 17.5 Å². The topological polar surface area (TPSA) is 109 Å². The Morgan fingerprint density at radius 2 is 1.80 bits per heavy atom. The van der Waals surface area contributed by atoms with Crippen molar-refractivity contribution in [3.05, 3.63) is 58.6 Å². The summed E-state index contributed by atoms with van der Waals surface area (Å²) in [5, 5.41) is 9.40. The maximum Gasteiger partial charge on any atom is 0.409 e. The van der Waals surface area contributed by atoms with E-state index in [0.29, 0.717) is 33.9 Å². The zero-order valence-electron chi connectivity index (χ0n) is 22.2. The summed E-state index contributed by atoms with van der Waals surface area (Å²) < 4.78 is 11.3. The average molecular weight is 582 g/mol. The van der Waals surface area contributed by atoms with Gasteiger partial charge in [0.15, 0.2) is 0 Å². The number of nitrogens with zero attached hydrogens (tertiary/aromatic N) is 6. The van der Waals surface area contributed by atoms with Gasteiger partial charge in [-0.1, -0.05) is 23.2 Å². The fourth-order valence-electron chi connectivity index (χ4n) is 5.57. The molecule has 6 rings (SSSR count). The highest BCUT2D eigenvalue weighted by molar-refractivity contribution is 6.35. The number of fused-ring (bicyclic) bond motifs is 1. The molecular weight excluding hydrogens is 553 g/mol. The third kappa shape index (κ3) is 5.01. The Kier molecular flexibility index (Phi) is 7.14. The Morgan fingerprint density at radius 3 is 2.48 bits per heavy atom.